The quantitative estimate of drug-likeness (QED) is 0.840. The van der Waals surface area contributed by atoms with E-state index in [-0.39, 0.29) is 11.4 Å². The first-order valence-corrected chi connectivity index (χ1v) is 7.53. The number of methoxy groups -OCH3 is 2. The molecule has 0 unspecified atom stereocenters. The van der Waals surface area contributed by atoms with Gasteiger partial charge in [-0.05, 0) is 45.5 Å². The van der Waals surface area contributed by atoms with Crippen molar-refractivity contribution in [2.45, 2.75) is 39.8 Å². The highest BCUT2D eigenvalue weighted by molar-refractivity contribution is 5.78. The van der Waals surface area contributed by atoms with Crippen LogP contribution < -0.4 is 14.8 Å². The molecule has 0 aromatic heterocycles. The zero-order valence-corrected chi connectivity index (χ0v) is 14.5. The van der Waals surface area contributed by atoms with Gasteiger partial charge in [-0.15, -0.1) is 0 Å². The number of likely N-dealkylation sites (N-methyl/N-ethyl adjacent to an activating group) is 1. The molecule has 1 amide bonds. The first-order valence-electron chi connectivity index (χ1n) is 7.53. The van der Waals surface area contributed by atoms with E-state index in [0.29, 0.717) is 13.1 Å². The van der Waals surface area contributed by atoms with Crippen molar-refractivity contribution < 1.29 is 14.3 Å². The predicted octanol–water partition coefficient (Wildman–Crippen LogP) is 2.44. The average molecular weight is 308 g/mol. The van der Waals surface area contributed by atoms with Gasteiger partial charge in [0.05, 0.1) is 20.8 Å². The Bertz CT molecular complexity index is 495. The molecular formula is C17H28N2O3. The number of amides is 1. The van der Waals surface area contributed by atoms with Crippen LogP contribution in [0, 0.1) is 0 Å². The molecular weight excluding hydrogens is 280 g/mol. The fourth-order valence-electron chi connectivity index (χ4n) is 2.19. The van der Waals surface area contributed by atoms with Gasteiger partial charge < -0.3 is 14.8 Å². The van der Waals surface area contributed by atoms with E-state index < -0.39 is 0 Å². The van der Waals surface area contributed by atoms with E-state index in [0.717, 1.165) is 23.6 Å². The number of hydrogen-bond donors (Lipinski definition) is 1. The summed E-state index contributed by atoms with van der Waals surface area (Å²) in [5, 5.41) is 2.98. The smallest absolute Gasteiger partial charge is 0.234 e. The SMILES string of the molecule is CCN(CC(=O)NC(C)(C)C)Cc1cc(OC)ccc1OC. The summed E-state index contributed by atoms with van der Waals surface area (Å²) in [5.41, 5.74) is 0.789. The van der Waals surface area contributed by atoms with E-state index >= 15 is 0 Å². The first kappa shape index (κ1) is 18.3. The lowest BCUT2D eigenvalue weighted by atomic mass is 10.1. The summed E-state index contributed by atoms with van der Waals surface area (Å²) in [6, 6.07) is 5.70. The van der Waals surface area contributed by atoms with Gasteiger partial charge in [0.1, 0.15) is 11.5 Å². The number of ether oxygens (including phenoxy) is 2. The van der Waals surface area contributed by atoms with Crippen molar-refractivity contribution >= 4 is 5.91 Å². The molecule has 0 aliphatic heterocycles. The number of hydrogen-bond acceptors (Lipinski definition) is 4. The lowest BCUT2D eigenvalue weighted by Crippen LogP contribution is -2.45. The molecule has 1 aromatic carbocycles. The fraction of sp³-hybridized carbons (Fsp3) is 0.588. The summed E-state index contributed by atoms with van der Waals surface area (Å²) in [6.07, 6.45) is 0. The Hall–Kier alpha value is -1.75. The molecule has 0 heterocycles. The average Bonchev–Trinajstić information content (AvgIpc) is 2.44. The van der Waals surface area contributed by atoms with Crippen molar-refractivity contribution in [1.82, 2.24) is 10.2 Å². The maximum atomic E-state index is 12.1. The molecule has 5 nitrogen and oxygen atoms in total. The van der Waals surface area contributed by atoms with Gasteiger partial charge in [-0.2, -0.15) is 0 Å². The highest BCUT2D eigenvalue weighted by Crippen LogP contribution is 2.25. The maximum absolute atomic E-state index is 12.1. The van der Waals surface area contributed by atoms with E-state index in [1.54, 1.807) is 14.2 Å². The Labute approximate surface area is 133 Å². The molecule has 0 spiro atoms. The van der Waals surface area contributed by atoms with Crippen LogP contribution in [-0.2, 0) is 11.3 Å². The van der Waals surface area contributed by atoms with E-state index in [2.05, 4.69) is 10.2 Å². The summed E-state index contributed by atoms with van der Waals surface area (Å²) in [5.74, 6) is 1.61. The molecule has 1 aromatic rings. The molecule has 0 aliphatic rings. The van der Waals surface area contributed by atoms with Gasteiger partial charge in [-0.3, -0.25) is 9.69 Å². The molecule has 22 heavy (non-hydrogen) atoms. The summed E-state index contributed by atoms with van der Waals surface area (Å²) in [4.78, 5) is 14.2. The van der Waals surface area contributed by atoms with Crippen molar-refractivity contribution in [1.29, 1.82) is 0 Å². The zero-order valence-electron chi connectivity index (χ0n) is 14.5. The second kappa shape index (κ2) is 8.03. The lowest BCUT2D eigenvalue weighted by Gasteiger charge is -2.25. The first-order chi connectivity index (χ1) is 10.3. The number of carbonyl (C=O) groups is 1. The Kier molecular flexibility index (Phi) is 6.68. The molecule has 0 bridgehead atoms. The molecule has 0 aliphatic carbocycles. The van der Waals surface area contributed by atoms with Gasteiger partial charge in [0.15, 0.2) is 0 Å². The maximum Gasteiger partial charge on any atom is 0.234 e. The van der Waals surface area contributed by atoms with Gasteiger partial charge >= 0.3 is 0 Å². The van der Waals surface area contributed by atoms with Crippen molar-refractivity contribution in [3.63, 3.8) is 0 Å². The molecule has 1 N–H and O–H groups in total. The van der Waals surface area contributed by atoms with E-state index in [9.17, 15) is 4.79 Å². The van der Waals surface area contributed by atoms with Crippen molar-refractivity contribution in [2.75, 3.05) is 27.3 Å². The highest BCUT2D eigenvalue weighted by Gasteiger charge is 2.17. The number of benzene rings is 1. The number of carbonyl (C=O) groups excluding carboxylic acids is 1. The Morgan fingerprint density at radius 2 is 1.91 bits per heavy atom. The molecule has 124 valence electrons. The topological polar surface area (TPSA) is 50.8 Å². The minimum atomic E-state index is -0.218. The molecule has 0 fully saturated rings. The van der Waals surface area contributed by atoms with Crippen LogP contribution in [-0.4, -0.2) is 43.7 Å². The Balaban J connectivity index is 2.79. The summed E-state index contributed by atoms with van der Waals surface area (Å²) in [7, 11) is 3.29. The van der Waals surface area contributed by atoms with Crippen LogP contribution in [0.2, 0.25) is 0 Å². The number of rotatable bonds is 7. The zero-order chi connectivity index (χ0) is 16.8. The van der Waals surface area contributed by atoms with Crippen LogP contribution >= 0.6 is 0 Å². The normalized spacial score (nSPS) is 11.4. The summed E-state index contributed by atoms with van der Waals surface area (Å²) >= 11 is 0. The van der Waals surface area contributed by atoms with E-state index in [1.165, 1.54) is 0 Å². The van der Waals surface area contributed by atoms with Gasteiger partial charge in [0.25, 0.3) is 0 Å². The Morgan fingerprint density at radius 1 is 1.23 bits per heavy atom. The third kappa shape index (κ3) is 5.93. The van der Waals surface area contributed by atoms with Gasteiger partial charge in [0, 0.05) is 17.6 Å². The third-order valence-corrected chi connectivity index (χ3v) is 3.21. The second-order valence-corrected chi connectivity index (χ2v) is 6.28. The largest absolute Gasteiger partial charge is 0.497 e. The monoisotopic (exact) mass is 308 g/mol. The van der Waals surface area contributed by atoms with Crippen LogP contribution in [0.5, 0.6) is 11.5 Å². The van der Waals surface area contributed by atoms with Crippen LogP contribution in [0.15, 0.2) is 18.2 Å². The predicted molar refractivity (Wildman–Crippen MR) is 88.4 cm³/mol. The van der Waals surface area contributed by atoms with Crippen LogP contribution in [0.25, 0.3) is 0 Å². The summed E-state index contributed by atoms with van der Waals surface area (Å²) in [6.45, 7) is 9.74. The highest BCUT2D eigenvalue weighted by atomic mass is 16.5. The van der Waals surface area contributed by atoms with Crippen molar-refractivity contribution in [2.24, 2.45) is 0 Å². The standard InChI is InChI=1S/C17H28N2O3/c1-7-19(12-16(20)18-17(2,3)4)11-13-10-14(21-5)8-9-15(13)22-6/h8-10H,7,11-12H2,1-6H3,(H,18,20). The molecule has 0 saturated carbocycles. The number of nitrogens with zero attached hydrogens (tertiary/aromatic N) is 1. The molecule has 0 atom stereocenters. The lowest BCUT2D eigenvalue weighted by molar-refractivity contribution is -0.123. The molecule has 0 radical (unpaired) electrons. The van der Waals surface area contributed by atoms with E-state index in [1.807, 2.05) is 45.9 Å². The van der Waals surface area contributed by atoms with Crippen LogP contribution in [0.3, 0.4) is 0 Å². The van der Waals surface area contributed by atoms with Gasteiger partial charge in [-0.1, -0.05) is 6.92 Å². The van der Waals surface area contributed by atoms with E-state index in [4.69, 9.17) is 9.47 Å². The van der Waals surface area contributed by atoms with Crippen molar-refractivity contribution in [3.05, 3.63) is 23.8 Å². The molecule has 0 saturated heterocycles. The summed E-state index contributed by atoms with van der Waals surface area (Å²) < 4.78 is 10.7. The minimum Gasteiger partial charge on any atom is -0.497 e. The van der Waals surface area contributed by atoms with Crippen LogP contribution in [0.4, 0.5) is 0 Å². The molecule has 1 rings (SSSR count). The second-order valence-electron chi connectivity index (χ2n) is 6.28. The number of nitrogens with one attached hydrogen (secondary N) is 1. The third-order valence-electron chi connectivity index (χ3n) is 3.21. The van der Waals surface area contributed by atoms with Gasteiger partial charge in [0.2, 0.25) is 5.91 Å². The van der Waals surface area contributed by atoms with Gasteiger partial charge in [-0.25, -0.2) is 0 Å². The fourth-order valence-corrected chi connectivity index (χ4v) is 2.19. The minimum absolute atomic E-state index is 0.0243. The Morgan fingerprint density at radius 3 is 2.41 bits per heavy atom. The van der Waals surface area contributed by atoms with Crippen molar-refractivity contribution in [3.8, 4) is 11.5 Å². The van der Waals surface area contributed by atoms with Crippen LogP contribution in [0.1, 0.15) is 33.3 Å². The molecule has 5 heteroatoms.